The number of benzene rings is 2. The largest absolute Gasteiger partial charge is 0.382 e. The number of nitrogen functional groups attached to an aromatic ring is 1. The van der Waals surface area contributed by atoms with E-state index >= 15 is 0 Å². The number of carbonyl (C=O) groups is 1. The van der Waals surface area contributed by atoms with Gasteiger partial charge in [0.25, 0.3) is 0 Å². The molecule has 3 rings (SSSR count). The number of hydrogen-bond acceptors (Lipinski definition) is 4. The summed E-state index contributed by atoms with van der Waals surface area (Å²) in [5, 5.41) is 6.21. The molecule has 0 aliphatic carbocycles. The second kappa shape index (κ2) is 8.16. The van der Waals surface area contributed by atoms with Gasteiger partial charge in [0.15, 0.2) is 0 Å². The molecule has 0 aliphatic rings. The zero-order valence-electron chi connectivity index (χ0n) is 14.7. The molecule has 1 aromatic heterocycles. The summed E-state index contributed by atoms with van der Waals surface area (Å²) < 4.78 is 0. The molecule has 0 bridgehead atoms. The highest BCUT2D eigenvalue weighted by Gasteiger charge is 2.04. The molecule has 5 heteroatoms. The molecule has 0 unspecified atom stereocenters. The standard InChI is InChI=1S/C21H22N4O/c1-2-20(26)25-18-9-4-8-17(13-18)16-7-3-6-15(12-16)14-24-19-10-5-11-23-21(19)22/h3-13,24H,2,14H2,1H3,(H2,22,23)(H,25,26). The van der Waals surface area contributed by atoms with Gasteiger partial charge in [0.05, 0.1) is 5.69 Å². The van der Waals surface area contributed by atoms with Crippen molar-refractivity contribution in [3.8, 4) is 11.1 Å². The third-order valence-electron chi connectivity index (χ3n) is 4.05. The maximum Gasteiger partial charge on any atom is 0.224 e. The number of rotatable bonds is 6. The molecular weight excluding hydrogens is 324 g/mol. The van der Waals surface area contributed by atoms with Gasteiger partial charge in [-0.2, -0.15) is 0 Å². The van der Waals surface area contributed by atoms with Gasteiger partial charge in [-0.1, -0.05) is 37.3 Å². The van der Waals surface area contributed by atoms with Crippen molar-refractivity contribution < 1.29 is 4.79 Å². The molecular formula is C21H22N4O. The minimum Gasteiger partial charge on any atom is -0.382 e. The first-order valence-corrected chi connectivity index (χ1v) is 8.59. The van der Waals surface area contributed by atoms with Crippen LogP contribution >= 0.6 is 0 Å². The average molecular weight is 346 g/mol. The lowest BCUT2D eigenvalue weighted by atomic mass is 10.0. The summed E-state index contributed by atoms with van der Waals surface area (Å²) >= 11 is 0. The zero-order valence-corrected chi connectivity index (χ0v) is 14.7. The fourth-order valence-corrected chi connectivity index (χ4v) is 2.65. The number of anilines is 3. The van der Waals surface area contributed by atoms with E-state index in [1.165, 1.54) is 0 Å². The van der Waals surface area contributed by atoms with Crippen molar-refractivity contribution in [2.45, 2.75) is 19.9 Å². The van der Waals surface area contributed by atoms with Crippen molar-refractivity contribution in [3.63, 3.8) is 0 Å². The van der Waals surface area contributed by atoms with E-state index in [-0.39, 0.29) is 5.91 Å². The lowest BCUT2D eigenvalue weighted by molar-refractivity contribution is -0.115. The van der Waals surface area contributed by atoms with Crippen LogP contribution in [0.3, 0.4) is 0 Å². The number of pyridine rings is 1. The normalized spacial score (nSPS) is 10.3. The number of nitrogens with zero attached hydrogens (tertiary/aromatic N) is 1. The molecule has 0 fully saturated rings. The van der Waals surface area contributed by atoms with Crippen LogP contribution in [0.15, 0.2) is 66.9 Å². The van der Waals surface area contributed by atoms with Crippen molar-refractivity contribution in [1.82, 2.24) is 4.98 Å². The van der Waals surface area contributed by atoms with Crippen LogP contribution in [0.1, 0.15) is 18.9 Å². The smallest absolute Gasteiger partial charge is 0.224 e. The monoisotopic (exact) mass is 346 g/mol. The Hall–Kier alpha value is -3.34. The van der Waals surface area contributed by atoms with Crippen LogP contribution in [0, 0.1) is 0 Å². The van der Waals surface area contributed by atoms with Gasteiger partial charge in [0.2, 0.25) is 5.91 Å². The van der Waals surface area contributed by atoms with Crippen molar-refractivity contribution in [1.29, 1.82) is 0 Å². The van der Waals surface area contributed by atoms with E-state index in [2.05, 4.69) is 33.8 Å². The van der Waals surface area contributed by atoms with Crippen LogP contribution in [0.4, 0.5) is 17.2 Å². The van der Waals surface area contributed by atoms with Crippen LogP contribution in [0.25, 0.3) is 11.1 Å². The number of nitrogens with two attached hydrogens (primary N) is 1. The highest BCUT2D eigenvalue weighted by atomic mass is 16.1. The Bertz CT molecular complexity index is 908. The Morgan fingerprint density at radius 3 is 2.58 bits per heavy atom. The predicted octanol–water partition coefficient (Wildman–Crippen LogP) is 4.29. The zero-order chi connectivity index (χ0) is 18.4. The fraction of sp³-hybridized carbons (Fsp3) is 0.143. The highest BCUT2D eigenvalue weighted by Crippen LogP contribution is 2.24. The van der Waals surface area contributed by atoms with Crippen LogP contribution in [0.5, 0.6) is 0 Å². The summed E-state index contributed by atoms with van der Waals surface area (Å²) in [5.74, 6) is 0.497. The molecule has 0 aliphatic heterocycles. The van der Waals surface area contributed by atoms with E-state index in [1.807, 2.05) is 49.4 Å². The molecule has 0 spiro atoms. The van der Waals surface area contributed by atoms with Crippen LogP contribution in [-0.2, 0) is 11.3 Å². The molecule has 26 heavy (non-hydrogen) atoms. The Kier molecular flexibility index (Phi) is 5.49. The van der Waals surface area contributed by atoms with Crippen LogP contribution in [0.2, 0.25) is 0 Å². The molecule has 0 saturated heterocycles. The highest BCUT2D eigenvalue weighted by molar-refractivity contribution is 5.91. The maximum absolute atomic E-state index is 11.6. The van der Waals surface area contributed by atoms with E-state index in [9.17, 15) is 4.79 Å². The van der Waals surface area contributed by atoms with Gasteiger partial charge in [0.1, 0.15) is 5.82 Å². The summed E-state index contributed by atoms with van der Waals surface area (Å²) in [6, 6.07) is 19.9. The van der Waals surface area contributed by atoms with Gasteiger partial charge < -0.3 is 16.4 Å². The number of hydrogen-bond donors (Lipinski definition) is 3. The number of aromatic nitrogens is 1. The van der Waals surface area contributed by atoms with E-state index < -0.39 is 0 Å². The van der Waals surface area contributed by atoms with Crippen LogP contribution < -0.4 is 16.4 Å². The van der Waals surface area contributed by atoms with Crippen molar-refractivity contribution in [3.05, 3.63) is 72.4 Å². The summed E-state index contributed by atoms with van der Waals surface area (Å²) in [6.45, 7) is 2.49. The van der Waals surface area contributed by atoms with E-state index in [4.69, 9.17) is 5.73 Å². The summed E-state index contributed by atoms with van der Waals surface area (Å²) in [4.78, 5) is 15.7. The van der Waals surface area contributed by atoms with E-state index in [0.29, 0.717) is 18.8 Å². The first-order chi connectivity index (χ1) is 12.7. The minimum atomic E-state index is 0.00848. The molecule has 3 aromatic rings. The first-order valence-electron chi connectivity index (χ1n) is 8.59. The van der Waals surface area contributed by atoms with Gasteiger partial charge in [-0.05, 0) is 47.0 Å². The molecule has 4 N–H and O–H groups in total. The molecule has 0 saturated carbocycles. The van der Waals surface area contributed by atoms with E-state index in [0.717, 1.165) is 28.1 Å². The second-order valence-corrected chi connectivity index (χ2v) is 5.97. The third-order valence-corrected chi connectivity index (χ3v) is 4.05. The third kappa shape index (κ3) is 4.39. The van der Waals surface area contributed by atoms with E-state index in [1.54, 1.807) is 6.20 Å². The minimum absolute atomic E-state index is 0.00848. The second-order valence-electron chi connectivity index (χ2n) is 5.97. The number of amides is 1. The molecule has 132 valence electrons. The Balaban J connectivity index is 1.76. The Morgan fingerprint density at radius 2 is 1.81 bits per heavy atom. The van der Waals surface area contributed by atoms with Crippen molar-refractivity contribution >= 4 is 23.1 Å². The first kappa shape index (κ1) is 17.5. The summed E-state index contributed by atoms with van der Waals surface area (Å²) in [7, 11) is 0. The number of nitrogens with one attached hydrogen (secondary N) is 2. The molecule has 1 amide bonds. The molecule has 0 atom stereocenters. The van der Waals surface area contributed by atoms with Gasteiger partial charge >= 0.3 is 0 Å². The fourth-order valence-electron chi connectivity index (χ4n) is 2.65. The number of carbonyl (C=O) groups excluding carboxylic acids is 1. The quantitative estimate of drug-likeness (QED) is 0.622. The molecule has 0 radical (unpaired) electrons. The topological polar surface area (TPSA) is 80.0 Å². The van der Waals surface area contributed by atoms with Gasteiger partial charge in [-0.25, -0.2) is 4.98 Å². The summed E-state index contributed by atoms with van der Waals surface area (Å²) in [6.07, 6.45) is 2.13. The molecule has 1 heterocycles. The predicted molar refractivity (Wildman–Crippen MR) is 107 cm³/mol. The lowest BCUT2D eigenvalue weighted by Crippen LogP contribution is -2.09. The maximum atomic E-state index is 11.6. The Morgan fingerprint density at radius 1 is 1.04 bits per heavy atom. The van der Waals surface area contributed by atoms with Crippen LogP contribution in [-0.4, -0.2) is 10.9 Å². The summed E-state index contributed by atoms with van der Waals surface area (Å²) in [5.41, 5.74) is 10.8. The molecule has 2 aromatic carbocycles. The van der Waals surface area contributed by atoms with Gasteiger partial charge in [-0.3, -0.25) is 4.79 Å². The van der Waals surface area contributed by atoms with Gasteiger partial charge in [0, 0.05) is 24.8 Å². The van der Waals surface area contributed by atoms with Crippen molar-refractivity contribution in [2.24, 2.45) is 0 Å². The molecule has 5 nitrogen and oxygen atoms in total. The Labute approximate surface area is 153 Å². The SMILES string of the molecule is CCC(=O)Nc1cccc(-c2cccc(CNc3cccnc3N)c2)c1. The van der Waals surface area contributed by atoms with Crippen molar-refractivity contribution in [2.75, 3.05) is 16.4 Å². The lowest BCUT2D eigenvalue weighted by Gasteiger charge is -2.11. The average Bonchev–Trinajstić information content (AvgIpc) is 2.68. The van der Waals surface area contributed by atoms with Gasteiger partial charge in [-0.15, -0.1) is 0 Å².